The summed E-state index contributed by atoms with van der Waals surface area (Å²) in [6.07, 6.45) is 18.1. The monoisotopic (exact) mass is 382 g/mol. The number of carbonyl (C=O) groups excluding carboxylic acids is 1. The summed E-state index contributed by atoms with van der Waals surface area (Å²) in [7, 11) is 0. The molecule has 4 fully saturated rings. The fraction of sp³-hybridized carbons (Fsp3) is 0.783. The van der Waals surface area contributed by atoms with Crippen molar-refractivity contribution in [3.63, 3.8) is 0 Å². The third-order valence-electron chi connectivity index (χ3n) is 7.89. The van der Waals surface area contributed by atoms with Gasteiger partial charge in [0, 0.05) is 56.1 Å². The van der Waals surface area contributed by atoms with E-state index >= 15 is 0 Å². The first-order valence-corrected chi connectivity index (χ1v) is 11.6. The van der Waals surface area contributed by atoms with E-state index in [0.717, 1.165) is 38.4 Å². The Hall–Kier alpha value is -1.49. The highest BCUT2D eigenvalue weighted by Gasteiger charge is 2.49. The molecule has 4 heterocycles. The van der Waals surface area contributed by atoms with Crippen molar-refractivity contribution in [3.8, 4) is 0 Å². The minimum atomic E-state index is 0.455. The standard InChI is InChI=1S/C23H34N4O/c28-23-8-4-7-21-19-10-20(15-26(14-19)13-18-11-24-16-25-12-18)22(27(21)23)9-17-5-2-1-3-6-17/h11-12,16-17,19-22H,1-10,13-15H2/t19-,20+,21+,22+/m1/s1. The van der Waals surface area contributed by atoms with Crippen LogP contribution in [0.5, 0.6) is 0 Å². The van der Waals surface area contributed by atoms with Crippen molar-refractivity contribution in [1.82, 2.24) is 19.8 Å². The van der Waals surface area contributed by atoms with Gasteiger partial charge in [0.05, 0.1) is 0 Å². The molecular formula is C23H34N4O. The zero-order valence-electron chi connectivity index (χ0n) is 17.0. The molecule has 0 spiro atoms. The Bertz CT molecular complexity index is 674. The highest BCUT2D eigenvalue weighted by Crippen LogP contribution is 2.44. The average molecular weight is 383 g/mol. The highest BCUT2D eigenvalue weighted by atomic mass is 16.2. The number of amides is 1. The number of likely N-dealkylation sites (tertiary alicyclic amines) is 1. The molecule has 28 heavy (non-hydrogen) atoms. The van der Waals surface area contributed by atoms with Gasteiger partial charge in [0.25, 0.3) is 0 Å². The van der Waals surface area contributed by atoms with Crippen molar-refractivity contribution in [3.05, 3.63) is 24.3 Å². The molecule has 1 aromatic rings. The summed E-state index contributed by atoms with van der Waals surface area (Å²) in [5.74, 6) is 2.58. The molecule has 3 saturated heterocycles. The molecule has 5 heteroatoms. The lowest BCUT2D eigenvalue weighted by atomic mass is 9.69. The topological polar surface area (TPSA) is 49.3 Å². The quantitative estimate of drug-likeness (QED) is 0.798. The van der Waals surface area contributed by atoms with Crippen molar-refractivity contribution < 1.29 is 4.79 Å². The second-order valence-electron chi connectivity index (χ2n) is 9.76. The molecule has 2 bridgehead atoms. The van der Waals surface area contributed by atoms with Crippen LogP contribution in [0.3, 0.4) is 0 Å². The number of carbonyl (C=O) groups is 1. The molecule has 1 saturated carbocycles. The molecule has 5 nitrogen and oxygen atoms in total. The largest absolute Gasteiger partial charge is 0.336 e. The van der Waals surface area contributed by atoms with Gasteiger partial charge >= 0.3 is 0 Å². The van der Waals surface area contributed by atoms with Gasteiger partial charge in [-0.2, -0.15) is 0 Å². The highest BCUT2D eigenvalue weighted by molar-refractivity contribution is 5.78. The number of nitrogens with zero attached hydrogens (tertiary/aromatic N) is 4. The van der Waals surface area contributed by atoms with Crippen LogP contribution in [0.25, 0.3) is 0 Å². The summed E-state index contributed by atoms with van der Waals surface area (Å²) in [5.41, 5.74) is 1.21. The Kier molecular flexibility index (Phi) is 5.36. The number of rotatable bonds is 4. The number of aromatic nitrogens is 2. The molecule has 1 amide bonds. The van der Waals surface area contributed by atoms with E-state index in [0.29, 0.717) is 29.8 Å². The lowest BCUT2D eigenvalue weighted by Crippen LogP contribution is -2.65. The molecule has 5 rings (SSSR count). The molecule has 1 aromatic heterocycles. The van der Waals surface area contributed by atoms with Gasteiger partial charge in [-0.3, -0.25) is 9.69 Å². The molecule has 0 radical (unpaired) electrons. The first-order valence-electron chi connectivity index (χ1n) is 11.6. The first kappa shape index (κ1) is 18.5. The van der Waals surface area contributed by atoms with Crippen molar-refractivity contribution in [2.45, 2.75) is 82.8 Å². The molecular weight excluding hydrogens is 348 g/mol. The normalized spacial score (nSPS) is 34.3. The summed E-state index contributed by atoms with van der Waals surface area (Å²) in [6.45, 7) is 3.19. The molecule has 4 atom stereocenters. The molecule has 152 valence electrons. The second kappa shape index (κ2) is 8.10. The fourth-order valence-corrected chi connectivity index (χ4v) is 6.74. The van der Waals surface area contributed by atoms with Crippen LogP contribution in [0, 0.1) is 17.8 Å². The lowest BCUT2D eigenvalue weighted by Gasteiger charge is -2.57. The molecule has 1 aliphatic carbocycles. The van der Waals surface area contributed by atoms with Gasteiger partial charge in [0.2, 0.25) is 5.91 Å². The van der Waals surface area contributed by atoms with Crippen LogP contribution in [-0.4, -0.2) is 50.8 Å². The Morgan fingerprint density at radius 3 is 2.57 bits per heavy atom. The van der Waals surface area contributed by atoms with Gasteiger partial charge in [0.1, 0.15) is 6.33 Å². The van der Waals surface area contributed by atoms with Gasteiger partial charge in [0.15, 0.2) is 0 Å². The fourth-order valence-electron chi connectivity index (χ4n) is 6.74. The van der Waals surface area contributed by atoms with E-state index in [9.17, 15) is 4.79 Å². The molecule has 0 N–H and O–H groups in total. The van der Waals surface area contributed by atoms with Crippen LogP contribution in [0.15, 0.2) is 18.7 Å². The maximum absolute atomic E-state index is 13.0. The zero-order valence-corrected chi connectivity index (χ0v) is 17.0. The molecule has 0 aromatic carbocycles. The van der Waals surface area contributed by atoms with E-state index in [-0.39, 0.29) is 0 Å². The molecule has 3 aliphatic heterocycles. The van der Waals surface area contributed by atoms with Crippen LogP contribution in [0.2, 0.25) is 0 Å². The summed E-state index contributed by atoms with van der Waals surface area (Å²) >= 11 is 0. The minimum absolute atomic E-state index is 0.455. The van der Waals surface area contributed by atoms with Crippen LogP contribution in [0.4, 0.5) is 0 Å². The van der Waals surface area contributed by atoms with Crippen LogP contribution < -0.4 is 0 Å². The number of fused-ring (bicyclic) bond motifs is 4. The van der Waals surface area contributed by atoms with E-state index < -0.39 is 0 Å². The molecule has 0 unspecified atom stereocenters. The van der Waals surface area contributed by atoms with E-state index in [1.165, 1.54) is 56.9 Å². The summed E-state index contributed by atoms with van der Waals surface area (Å²) in [6, 6.07) is 0.966. The van der Waals surface area contributed by atoms with E-state index in [1.54, 1.807) is 6.33 Å². The number of piperidine rings is 3. The predicted molar refractivity (Wildman–Crippen MR) is 108 cm³/mol. The van der Waals surface area contributed by atoms with Crippen molar-refractivity contribution in [2.24, 2.45) is 17.8 Å². The Balaban J connectivity index is 1.36. The van der Waals surface area contributed by atoms with Gasteiger partial charge in [-0.05, 0) is 43.4 Å². The van der Waals surface area contributed by atoms with Crippen molar-refractivity contribution in [1.29, 1.82) is 0 Å². The summed E-state index contributed by atoms with van der Waals surface area (Å²) in [4.78, 5) is 26.4. The van der Waals surface area contributed by atoms with Crippen molar-refractivity contribution >= 4 is 5.91 Å². The third-order valence-corrected chi connectivity index (χ3v) is 7.89. The van der Waals surface area contributed by atoms with Crippen LogP contribution >= 0.6 is 0 Å². The van der Waals surface area contributed by atoms with Gasteiger partial charge in [-0.1, -0.05) is 32.1 Å². The summed E-state index contributed by atoms with van der Waals surface area (Å²) < 4.78 is 0. The molecule has 4 aliphatic rings. The lowest BCUT2D eigenvalue weighted by molar-refractivity contribution is -0.154. The maximum Gasteiger partial charge on any atom is 0.223 e. The Labute approximate surface area is 168 Å². The average Bonchev–Trinajstić information content (AvgIpc) is 2.73. The smallest absolute Gasteiger partial charge is 0.223 e. The van der Waals surface area contributed by atoms with Gasteiger partial charge in [-0.15, -0.1) is 0 Å². The number of hydrogen-bond acceptors (Lipinski definition) is 4. The second-order valence-corrected chi connectivity index (χ2v) is 9.76. The first-order chi connectivity index (χ1) is 13.8. The minimum Gasteiger partial charge on any atom is -0.336 e. The number of hydrogen-bond donors (Lipinski definition) is 0. The third kappa shape index (κ3) is 3.70. The van der Waals surface area contributed by atoms with E-state index in [4.69, 9.17) is 0 Å². The Morgan fingerprint density at radius 1 is 0.964 bits per heavy atom. The van der Waals surface area contributed by atoms with E-state index in [2.05, 4.69) is 19.8 Å². The SMILES string of the molecule is O=C1CCC[C@H]2[C@@H]3C[C@@H](CN(Cc4cncnc4)C3)[C@H](CC3CCCCC3)N12. The van der Waals surface area contributed by atoms with Crippen LogP contribution in [-0.2, 0) is 11.3 Å². The van der Waals surface area contributed by atoms with Gasteiger partial charge in [-0.25, -0.2) is 9.97 Å². The predicted octanol–water partition coefficient (Wildman–Crippen LogP) is 3.65. The Morgan fingerprint density at radius 2 is 1.75 bits per heavy atom. The van der Waals surface area contributed by atoms with Gasteiger partial charge < -0.3 is 4.90 Å². The zero-order chi connectivity index (χ0) is 18.9. The maximum atomic E-state index is 13.0. The summed E-state index contributed by atoms with van der Waals surface area (Å²) in [5, 5.41) is 0. The van der Waals surface area contributed by atoms with E-state index in [1.807, 2.05) is 12.4 Å². The van der Waals surface area contributed by atoms with Crippen molar-refractivity contribution in [2.75, 3.05) is 13.1 Å². The van der Waals surface area contributed by atoms with Crippen LogP contribution in [0.1, 0.15) is 69.8 Å².